The molecule has 7 nitrogen and oxygen atoms in total. The number of carbonyl (C=O) groups is 2. The van der Waals surface area contributed by atoms with Crippen molar-refractivity contribution in [1.82, 2.24) is 14.4 Å². The number of carbonyl (C=O) groups excluding carboxylic acids is 1. The van der Waals surface area contributed by atoms with Crippen LogP contribution in [0.5, 0.6) is 0 Å². The third kappa shape index (κ3) is 4.62. The van der Waals surface area contributed by atoms with Crippen LogP contribution in [0.3, 0.4) is 0 Å². The first-order valence-corrected chi connectivity index (χ1v) is 13.6. The number of pyridine rings is 1. The van der Waals surface area contributed by atoms with Gasteiger partial charge in [0.25, 0.3) is 0 Å². The van der Waals surface area contributed by atoms with E-state index in [2.05, 4.69) is 16.9 Å². The van der Waals surface area contributed by atoms with E-state index in [1.807, 2.05) is 54.2 Å². The van der Waals surface area contributed by atoms with Gasteiger partial charge in [-0.1, -0.05) is 6.92 Å². The van der Waals surface area contributed by atoms with Gasteiger partial charge >= 0.3 is 5.97 Å². The van der Waals surface area contributed by atoms with Crippen LogP contribution in [0.4, 0.5) is 5.69 Å². The fraction of sp³-hybridized carbons (Fsp3) is 0.385. The van der Waals surface area contributed by atoms with Crippen molar-refractivity contribution in [2.75, 3.05) is 4.90 Å². The Bertz CT molecular complexity index is 1330. The minimum Gasteiger partial charge on any atom is -0.477 e. The number of rotatable bonds is 6. The number of fused-ring (bicyclic) bond motifs is 1. The smallest absolute Gasteiger partial charge is 0.348 e. The molecule has 0 saturated heterocycles. The van der Waals surface area contributed by atoms with Gasteiger partial charge in [0.2, 0.25) is 5.91 Å². The molecule has 0 atom stereocenters. The van der Waals surface area contributed by atoms with Crippen molar-refractivity contribution in [2.45, 2.75) is 52.5 Å². The Morgan fingerprint density at radius 1 is 1.17 bits per heavy atom. The molecule has 4 aromatic rings. The Morgan fingerprint density at radius 3 is 2.57 bits per heavy atom. The Labute approximate surface area is 212 Å². The third-order valence-corrected chi connectivity index (χ3v) is 8.62. The number of thiazole rings is 1. The molecule has 0 spiro atoms. The predicted octanol–water partition coefficient (Wildman–Crippen LogP) is 6.45. The third-order valence-electron chi connectivity index (χ3n) is 6.69. The zero-order chi connectivity index (χ0) is 24.7. The molecule has 182 valence electrons. The maximum absolute atomic E-state index is 13.5. The summed E-state index contributed by atoms with van der Waals surface area (Å²) in [4.78, 5) is 38.5. The van der Waals surface area contributed by atoms with Crippen LogP contribution in [0.25, 0.3) is 26.8 Å². The molecule has 1 fully saturated rings. The minimum atomic E-state index is -1.02. The highest BCUT2D eigenvalue weighted by Gasteiger charge is 2.33. The number of nitrogens with zero attached hydrogens (tertiary/aromatic N) is 4. The maximum Gasteiger partial charge on any atom is 0.348 e. The quantitative estimate of drug-likeness (QED) is 0.323. The number of carboxylic acids is 1. The van der Waals surface area contributed by atoms with E-state index < -0.39 is 5.97 Å². The Morgan fingerprint density at radius 2 is 1.94 bits per heavy atom. The van der Waals surface area contributed by atoms with Gasteiger partial charge in [-0.15, -0.1) is 22.7 Å². The van der Waals surface area contributed by atoms with E-state index in [-0.39, 0.29) is 22.7 Å². The first kappa shape index (κ1) is 23.7. The summed E-state index contributed by atoms with van der Waals surface area (Å²) in [5.74, 6) is -0.395. The molecule has 9 heteroatoms. The SMILES string of the molecule is CC(C)N(c1cc(-c2ccc(-c3cn4ccsc4n3)nc2)sc1C(=O)O)C(=O)[C@H]1CC[C@H](C)CC1. The zero-order valence-electron chi connectivity index (χ0n) is 20.0. The summed E-state index contributed by atoms with van der Waals surface area (Å²) >= 11 is 2.75. The first-order chi connectivity index (χ1) is 16.8. The largest absolute Gasteiger partial charge is 0.477 e. The summed E-state index contributed by atoms with van der Waals surface area (Å²) in [6.45, 7) is 6.11. The summed E-state index contributed by atoms with van der Waals surface area (Å²) in [6, 6.07) is 5.52. The van der Waals surface area contributed by atoms with E-state index in [1.165, 1.54) is 11.3 Å². The number of imidazole rings is 1. The Hall–Kier alpha value is -3.04. The van der Waals surface area contributed by atoms with Gasteiger partial charge in [0.05, 0.1) is 11.4 Å². The average Bonchev–Trinajstić information content (AvgIpc) is 3.55. The molecule has 5 rings (SSSR count). The van der Waals surface area contributed by atoms with Crippen molar-refractivity contribution in [3.63, 3.8) is 0 Å². The van der Waals surface area contributed by atoms with Crippen molar-refractivity contribution < 1.29 is 14.7 Å². The lowest BCUT2D eigenvalue weighted by Gasteiger charge is -2.33. The number of anilines is 1. The summed E-state index contributed by atoms with van der Waals surface area (Å²) in [6.07, 6.45) is 9.44. The van der Waals surface area contributed by atoms with Crippen LogP contribution in [-0.4, -0.2) is 37.4 Å². The van der Waals surface area contributed by atoms with Crippen molar-refractivity contribution in [1.29, 1.82) is 0 Å². The highest BCUT2D eigenvalue weighted by molar-refractivity contribution is 7.18. The standard InChI is InChI=1S/C26H28N4O3S2/c1-15(2)30(24(31)17-6-4-16(3)5-7-17)21-12-22(35-23(21)25(32)33)18-8-9-19(27-13-18)20-14-29-10-11-34-26(29)28-20/h8-17H,4-7H2,1-3H3,(H,32,33)/t16-,17-. The van der Waals surface area contributed by atoms with Crippen LogP contribution in [-0.2, 0) is 4.79 Å². The molecule has 1 aliphatic rings. The molecule has 0 aliphatic heterocycles. The van der Waals surface area contributed by atoms with Gasteiger partial charge in [-0.2, -0.15) is 0 Å². The minimum absolute atomic E-state index is 0.0342. The molecule has 35 heavy (non-hydrogen) atoms. The van der Waals surface area contributed by atoms with Crippen molar-refractivity contribution in [2.24, 2.45) is 11.8 Å². The number of aromatic carboxylic acids is 1. The van der Waals surface area contributed by atoms with E-state index >= 15 is 0 Å². The van der Waals surface area contributed by atoms with E-state index in [0.29, 0.717) is 11.6 Å². The van der Waals surface area contributed by atoms with Crippen molar-refractivity contribution >= 4 is 45.2 Å². The number of hydrogen-bond acceptors (Lipinski definition) is 6. The second-order valence-electron chi connectivity index (χ2n) is 9.54. The molecule has 1 amide bonds. The molecule has 1 saturated carbocycles. The lowest BCUT2D eigenvalue weighted by molar-refractivity contribution is -0.123. The predicted molar refractivity (Wildman–Crippen MR) is 140 cm³/mol. The van der Waals surface area contributed by atoms with Crippen LogP contribution >= 0.6 is 22.7 Å². The average molecular weight is 509 g/mol. The molecule has 1 aliphatic carbocycles. The van der Waals surface area contributed by atoms with Gasteiger partial charge in [-0.25, -0.2) is 9.78 Å². The molecule has 4 heterocycles. The van der Waals surface area contributed by atoms with Gasteiger partial charge in [-0.3, -0.25) is 14.2 Å². The fourth-order valence-electron chi connectivity index (χ4n) is 4.75. The Balaban J connectivity index is 1.46. The molecule has 1 N–H and O–H groups in total. The lowest BCUT2D eigenvalue weighted by atomic mass is 9.82. The number of carboxylic acid groups (broad SMARTS) is 1. The summed E-state index contributed by atoms with van der Waals surface area (Å²) in [5.41, 5.74) is 2.84. The normalized spacial score (nSPS) is 18.3. The second kappa shape index (κ2) is 9.54. The molecular weight excluding hydrogens is 480 g/mol. The monoisotopic (exact) mass is 508 g/mol. The number of thiophene rings is 1. The molecular formula is C26H28N4O3S2. The Kier molecular flexibility index (Phi) is 6.46. The lowest BCUT2D eigenvalue weighted by Crippen LogP contribution is -2.42. The van der Waals surface area contributed by atoms with Crippen LogP contribution in [0.1, 0.15) is 56.1 Å². The van der Waals surface area contributed by atoms with Crippen molar-refractivity contribution in [3.8, 4) is 21.8 Å². The van der Waals surface area contributed by atoms with E-state index in [0.717, 1.165) is 52.5 Å². The number of aromatic nitrogens is 3. The summed E-state index contributed by atoms with van der Waals surface area (Å²) in [5, 5.41) is 12.0. The topological polar surface area (TPSA) is 87.8 Å². The maximum atomic E-state index is 13.5. The summed E-state index contributed by atoms with van der Waals surface area (Å²) < 4.78 is 1.96. The van der Waals surface area contributed by atoms with Gasteiger partial charge in [0.1, 0.15) is 10.6 Å². The van der Waals surface area contributed by atoms with Gasteiger partial charge in [0, 0.05) is 46.4 Å². The van der Waals surface area contributed by atoms with Crippen LogP contribution in [0.2, 0.25) is 0 Å². The highest BCUT2D eigenvalue weighted by Crippen LogP contribution is 2.40. The highest BCUT2D eigenvalue weighted by atomic mass is 32.1. The van der Waals surface area contributed by atoms with E-state index in [9.17, 15) is 14.7 Å². The molecule has 0 bridgehead atoms. The second-order valence-corrected chi connectivity index (χ2v) is 11.5. The van der Waals surface area contributed by atoms with Crippen LogP contribution < -0.4 is 4.90 Å². The van der Waals surface area contributed by atoms with Crippen LogP contribution in [0, 0.1) is 11.8 Å². The number of amides is 1. The van der Waals surface area contributed by atoms with Crippen molar-refractivity contribution in [3.05, 3.63) is 47.0 Å². The van der Waals surface area contributed by atoms with Gasteiger partial charge in [0.15, 0.2) is 4.96 Å². The molecule has 4 aromatic heterocycles. The molecule has 0 radical (unpaired) electrons. The van der Waals surface area contributed by atoms with Crippen LogP contribution in [0.15, 0.2) is 42.2 Å². The molecule has 0 aromatic carbocycles. The van der Waals surface area contributed by atoms with Gasteiger partial charge < -0.3 is 10.0 Å². The molecule has 0 unspecified atom stereocenters. The van der Waals surface area contributed by atoms with E-state index in [1.54, 1.807) is 22.4 Å². The van der Waals surface area contributed by atoms with Gasteiger partial charge in [-0.05, 0) is 63.6 Å². The zero-order valence-corrected chi connectivity index (χ0v) is 21.6. The summed E-state index contributed by atoms with van der Waals surface area (Å²) in [7, 11) is 0. The number of hydrogen-bond donors (Lipinski definition) is 1. The first-order valence-electron chi connectivity index (χ1n) is 11.9. The van der Waals surface area contributed by atoms with E-state index in [4.69, 9.17) is 0 Å². The fourth-order valence-corrected chi connectivity index (χ4v) is 6.43.